The van der Waals surface area contributed by atoms with Crippen LogP contribution in [0.4, 0.5) is 0 Å². The van der Waals surface area contributed by atoms with Crippen LogP contribution in [0.3, 0.4) is 0 Å². The second-order valence-electron chi connectivity index (χ2n) is 4.95. The summed E-state index contributed by atoms with van der Waals surface area (Å²) in [5.41, 5.74) is 1.65. The summed E-state index contributed by atoms with van der Waals surface area (Å²) in [5.74, 6) is 0. The Labute approximate surface area is 102 Å². The number of nitrogens with zero attached hydrogens (tertiary/aromatic N) is 1. The highest BCUT2D eigenvalue weighted by Gasteiger charge is 2.21. The molecular weight excluding hydrogens is 216 g/mol. The van der Waals surface area contributed by atoms with Crippen molar-refractivity contribution in [2.24, 2.45) is 0 Å². The number of fused-ring (bicyclic) bond motifs is 1. The summed E-state index contributed by atoms with van der Waals surface area (Å²) in [7, 11) is 0. The third-order valence-corrected chi connectivity index (χ3v) is 5.02. The lowest BCUT2D eigenvalue weighted by atomic mass is 9.96. The van der Waals surface area contributed by atoms with Crippen molar-refractivity contribution >= 4 is 11.3 Å². The van der Waals surface area contributed by atoms with Crippen LogP contribution in [-0.2, 0) is 19.4 Å². The van der Waals surface area contributed by atoms with E-state index >= 15 is 0 Å². The molecular formula is C13H22N2S. The molecule has 0 aliphatic heterocycles. The molecule has 2 nitrogen and oxygen atoms in total. The van der Waals surface area contributed by atoms with Gasteiger partial charge in [0.25, 0.3) is 0 Å². The van der Waals surface area contributed by atoms with Gasteiger partial charge >= 0.3 is 0 Å². The van der Waals surface area contributed by atoms with E-state index in [9.17, 15) is 0 Å². The predicted molar refractivity (Wildman–Crippen MR) is 70.0 cm³/mol. The molecule has 0 atom stereocenters. The van der Waals surface area contributed by atoms with Crippen LogP contribution in [0.1, 0.15) is 55.6 Å². The standard InChI is InChI=1S/C13H22N2S/c1-4-13(3,5-2)14-9-12-15-10-7-6-8-11(10)16-12/h14H,4-9H2,1-3H3. The normalized spacial score (nSPS) is 15.4. The molecule has 1 heterocycles. The first-order chi connectivity index (χ1) is 7.67. The molecule has 90 valence electrons. The van der Waals surface area contributed by atoms with E-state index in [4.69, 9.17) is 4.98 Å². The molecule has 0 aromatic carbocycles. The summed E-state index contributed by atoms with van der Waals surface area (Å²) >= 11 is 1.91. The van der Waals surface area contributed by atoms with Gasteiger partial charge in [-0.3, -0.25) is 0 Å². The van der Waals surface area contributed by atoms with Crippen LogP contribution >= 0.6 is 11.3 Å². The third kappa shape index (κ3) is 2.46. The summed E-state index contributed by atoms with van der Waals surface area (Å²) in [6.07, 6.45) is 6.11. The van der Waals surface area contributed by atoms with E-state index in [1.807, 2.05) is 11.3 Å². The fraction of sp³-hybridized carbons (Fsp3) is 0.769. The highest BCUT2D eigenvalue weighted by atomic mass is 32.1. The van der Waals surface area contributed by atoms with Crippen molar-refractivity contribution in [2.75, 3.05) is 0 Å². The van der Waals surface area contributed by atoms with Crippen molar-refractivity contribution in [2.45, 2.75) is 65.0 Å². The molecule has 1 aromatic heterocycles. The minimum absolute atomic E-state index is 0.274. The summed E-state index contributed by atoms with van der Waals surface area (Å²) < 4.78 is 0. The first-order valence-electron chi connectivity index (χ1n) is 6.39. The van der Waals surface area contributed by atoms with E-state index in [1.54, 1.807) is 0 Å². The largest absolute Gasteiger partial charge is 0.305 e. The molecule has 1 aliphatic carbocycles. The quantitative estimate of drug-likeness (QED) is 0.851. The Morgan fingerprint density at radius 3 is 2.69 bits per heavy atom. The molecule has 1 aromatic rings. The fourth-order valence-electron chi connectivity index (χ4n) is 2.11. The van der Waals surface area contributed by atoms with Gasteiger partial charge in [0.05, 0.1) is 5.69 Å². The number of aromatic nitrogens is 1. The molecule has 0 spiro atoms. The zero-order valence-corrected chi connectivity index (χ0v) is 11.4. The van der Waals surface area contributed by atoms with Gasteiger partial charge in [0.1, 0.15) is 5.01 Å². The smallest absolute Gasteiger partial charge is 0.107 e. The van der Waals surface area contributed by atoms with Gasteiger partial charge in [-0.2, -0.15) is 0 Å². The molecule has 16 heavy (non-hydrogen) atoms. The summed E-state index contributed by atoms with van der Waals surface area (Å²) in [6, 6.07) is 0. The Hall–Kier alpha value is -0.410. The van der Waals surface area contributed by atoms with E-state index in [-0.39, 0.29) is 5.54 Å². The molecule has 0 unspecified atom stereocenters. The topological polar surface area (TPSA) is 24.9 Å². The predicted octanol–water partition coefficient (Wildman–Crippen LogP) is 3.30. The Morgan fingerprint density at radius 1 is 1.31 bits per heavy atom. The summed E-state index contributed by atoms with van der Waals surface area (Å²) in [5, 5.41) is 4.92. The summed E-state index contributed by atoms with van der Waals surface area (Å²) in [6.45, 7) is 7.74. The first-order valence-corrected chi connectivity index (χ1v) is 7.21. The SMILES string of the molecule is CCC(C)(CC)NCc1nc2c(s1)CCC2. The minimum atomic E-state index is 0.274. The molecule has 0 saturated heterocycles. The van der Waals surface area contributed by atoms with E-state index in [2.05, 4.69) is 26.1 Å². The molecule has 1 aliphatic rings. The monoisotopic (exact) mass is 238 g/mol. The van der Waals surface area contributed by atoms with Gasteiger partial charge in [0, 0.05) is 17.0 Å². The maximum Gasteiger partial charge on any atom is 0.107 e. The van der Waals surface area contributed by atoms with Crippen molar-refractivity contribution in [3.63, 3.8) is 0 Å². The molecule has 1 N–H and O–H groups in total. The Balaban J connectivity index is 1.94. The second-order valence-corrected chi connectivity index (χ2v) is 6.12. The lowest BCUT2D eigenvalue weighted by molar-refractivity contribution is 0.329. The van der Waals surface area contributed by atoms with Gasteiger partial charge in [0.15, 0.2) is 0 Å². The number of rotatable bonds is 5. The van der Waals surface area contributed by atoms with Crippen molar-refractivity contribution < 1.29 is 0 Å². The zero-order valence-electron chi connectivity index (χ0n) is 10.6. The van der Waals surface area contributed by atoms with Gasteiger partial charge in [-0.1, -0.05) is 13.8 Å². The lowest BCUT2D eigenvalue weighted by Crippen LogP contribution is -2.40. The Kier molecular flexibility index (Phi) is 3.65. The minimum Gasteiger partial charge on any atom is -0.305 e. The van der Waals surface area contributed by atoms with Gasteiger partial charge in [-0.15, -0.1) is 11.3 Å². The number of hydrogen-bond donors (Lipinski definition) is 1. The molecule has 0 amide bonds. The molecule has 0 radical (unpaired) electrons. The van der Waals surface area contributed by atoms with E-state index < -0.39 is 0 Å². The summed E-state index contributed by atoms with van der Waals surface area (Å²) in [4.78, 5) is 6.25. The average molecular weight is 238 g/mol. The third-order valence-electron chi connectivity index (χ3n) is 3.87. The Morgan fingerprint density at radius 2 is 2.06 bits per heavy atom. The van der Waals surface area contributed by atoms with Crippen LogP contribution in [0, 0.1) is 0 Å². The van der Waals surface area contributed by atoms with Crippen LogP contribution < -0.4 is 5.32 Å². The average Bonchev–Trinajstić information content (AvgIpc) is 2.86. The highest BCUT2D eigenvalue weighted by Crippen LogP contribution is 2.27. The lowest BCUT2D eigenvalue weighted by Gasteiger charge is -2.27. The van der Waals surface area contributed by atoms with E-state index in [0.29, 0.717) is 0 Å². The van der Waals surface area contributed by atoms with Crippen molar-refractivity contribution in [3.05, 3.63) is 15.6 Å². The highest BCUT2D eigenvalue weighted by molar-refractivity contribution is 7.11. The van der Waals surface area contributed by atoms with Gasteiger partial charge < -0.3 is 5.32 Å². The molecule has 0 fully saturated rings. The number of aryl methyl sites for hydroxylation is 2. The number of thiazole rings is 1. The molecule has 0 saturated carbocycles. The van der Waals surface area contributed by atoms with Gasteiger partial charge in [-0.25, -0.2) is 4.98 Å². The van der Waals surface area contributed by atoms with Crippen LogP contribution in [0.15, 0.2) is 0 Å². The van der Waals surface area contributed by atoms with Crippen LogP contribution in [0.2, 0.25) is 0 Å². The van der Waals surface area contributed by atoms with Crippen molar-refractivity contribution in [1.29, 1.82) is 0 Å². The molecule has 2 rings (SSSR count). The Bertz CT molecular complexity index is 331. The van der Waals surface area contributed by atoms with Gasteiger partial charge in [0.2, 0.25) is 0 Å². The van der Waals surface area contributed by atoms with Crippen molar-refractivity contribution in [3.8, 4) is 0 Å². The molecule has 3 heteroatoms. The van der Waals surface area contributed by atoms with Gasteiger partial charge in [-0.05, 0) is 39.0 Å². The maximum atomic E-state index is 4.72. The molecule has 0 bridgehead atoms. The second kappa shape index (κ2) is 4.84. The van der Waals surface area contributed by atoms with Crippen LogP contribution in [0.5, 0.6) is 0 Å². The number of nitrogens with one attached hydrogen (secondary N) is 1. The maximum absolute atomic E-state index is 4.72. The number of hydrogen-bond acceptors (Lipinski definition) is 3. The van der Waals surface area contributed by atoms with E-state index in [1.165, 1.54) is 47.7 Å². The van der Waals surface area contributed by atoms with Crippen LogP contribution in [-0.4, -0.2) is 10.5 Å². The first kappa shape index (κ1) is 12.1. The fourth-order valence-corrected chi connectivity index (χ4v) is 3.20. The van der Waals surface area contributed by atoms with Crippen molar-refractivity contribution in [1.82, 2.24) is 10.3 Å². The van der Waals surface area contributed by atoms with Crippen LogP contribution in [0.25, 0.3) is 0 Å². The van der Waals surface area contributed by atoms with E-state index in [0.717, 1.165) is 6.54 Å². The zero-order chi connectivity index (χ0) is 11.6.